The van der Waals surface area contributed by atoms with Crippen LogP contribution in [0.25, 0.3) is 0 Å². The van der Waals surface area contributed by atoms with Gasteiger partial charge in [0, 0.05) is 6.04 Å². The molecule has 0 aromatic rings. The first-order valence-electron chi connectivity index (χ1n) is 6.22. The van der Waals surface area contributed by atoms with Crippen molar-refractivity contribution in [1.29, 1.82) is 0 Å². The van der Waals surface area contributed by atoms with E-state index in [0.29, 0.717) is 12.3 Å². The molecule has 0 rings (SSSR count). The summed E-state index contributed by atoms with van der Waals surface area (Å²) in [6.07, 6.45) is 2.14. The maximum absolute atomic E-state index is 11.6. The number of aliphatic carboxylic acids is 1. The Kier molecular flexibility index (Phi) is 7.34. The first kappa shape index (κ1) is 15.7. The highest BCUT2D eigenvalue weighted by Crippen LogP contribution is 2.06. The molecular weight excluding hydrogens is 220 g/mol. The van der Waals surface area contributed by atoms with Crippen LogP contribution in [0.5, 0.6) is 0 Å². The fourth-order valence-electron chi connectivity index (χ4n) is 1.45. The van der Waals surface area contributed by atoms with Crippen LogP contribution in [0.2, 0.25) is 0 Å². The van der Waals surface area contributed by atoms with Crippen molar-refractivity contribution in [2.24, 2.45) is 5.92 Å². The summed E-state index contributed by atoms with van der Waals surface area (Å²) in [5.41, 5.74) is 0. The van der Waals surface area contributed by atoms with Crippen LogP contribution in [0, 0.1) is 5.92 Å². The van der Waals surface area contributed by atoms with E-state index in [1.165, 1.54) is 0 Å². The zero-order chi connectivity index (χ0) is 13.4. The Hall–Kier alpha value is -1.26. The van der Waals surface area contributed by atoms with Crippen LogP contribution in [-0.4, -0.2) is 29.2 Å². The zero-order valence-electron chi connectivity index (χ0n) is 11.1. The third-order valence-corrected chi connectivity index (χ3v) is 3.04. The van der Waals surface area contributed by atoms with Crippen LogP contribution < -0.4 is 10.6 Å². The summed E-state index contributed by atoms with van der Waals surface area (Å²) < 4.78 is 0. The van der Waals surface area contributed by atoms with Crippen molar-refractivity contribution < 1.29 is 14.7 Å². The molecule has 5 nitrogen and oxygen atoms in total. The van der Waals surface area contributed by atoms with E-state index in [2.05, 4.69) is 17.6 Å². The molecule has 0 aliphatic heterocycles. The standard InChI is InChI=1S/C12H24N2O3/c1-5-7-10(11(15)16)14-12(17)13-9(4)8(3)6-2/h8-10H,5-7H2,1-4H3,(H,15,16)(H2,13,14,17)/t8?,9?,10-/m0/s1. The number of carbonyl (C=O) groups excluding carboxylic acids is 1. The number of nitrogens with one attached hydrogen (secondary N) is 2. The van der Waals surface area contributed by atoms with E-state index in [-0.39, 0.29) is 6.04 Å². The summed E-state index contributed by atoms with van der Waals surface area (Å²) in [5, 5.41) is 14.1. The molecule has 17 heavy (non-hydrogen) atoms. The molecule has 0 aliphatic carbocycles. The van der Waals surface area contributed by atoms with E-state index >= 15 is 0 Å². The molecule has 0 radical (unpaired) electrons. The molecule has 0 saturated heterocycles. The molecule has 0 bridgehead atoms. The molecule has 3 N–H and O–H groups in total. The largest absolute Gasteiger partial charge is 0.480 e. The summed E-state index contributed by atoms with van der Waals surface area (Å²) in [6.45, 7) is 7.91. The van der Waals surface area contributed by atoms with E-state index in [4.69, 9.17) is 5.11 Å². The van der Waals surface area contributed by atoms with Crippen molar-refractivity contribution in [3.63, 3.8) is 0 Å². The van der Waals surface area contributed by atoms with Crippen molar-refractivity contribution in [1.82, 2.24) is 10.6 Å². The minimum atomic E-state index is -0.988. The van der Waals surface area contributed by atoms with Crippen molar-refractivity contribution in [2.75, 3.05) is 0 Å². The van der Waals surface area contributed by atoms with Crippen molar-refractivity contribution in [3.8, 4) is 0 Å². The maximum atomic E-state index is 11.6. The number of carbonyl (C=O) groups is 2. The fraction of sp³-hybridized carbons (Fsp3) is 0.833. The van der Waals surface area contributed by atoms with Crippen molar-refractivity contribution in [2.45, 2.75) is 59.0 Å². The van der Waals surface area contributed by atoms with Gasteiger partial charge in [-0.05, 0) is 19.3 Å². The number of urea groups is 1. The highest BCUT2D eigenvalue weighted by molar-refractivity contribution is 5.82. The van der Waals surface area contributed by atoms with E-state index in [1.807, 2.05) is 20.8 Å². The zero-order valence-corrected chi connectivity index (χ0v) is 11.1. The SMILES string of the molecule is CCC[C@H](NC(=O)NC(C)C(C)CC)C(=O)O. The van der Waals surface area contributed by atoms with Gasteiger partial charge in [-0.2, -0.15) is 0 Å². The Balaban J connectivity index is 4.18. The summed E-state index contributed by atoms with van der Waals surface area (Å²) >= 11 is 0. The topological polar surface area (TPSA) is 78.4 Å². The van der Waals surface area contributed by atoms with Gasteiger partial charge in [0.15, 0.2) is 0 Å². The molecule has 0 heterocycles. The van der Waals surface area contributed by atoms with E-state index in [1.54, 1.807) is 0 Å². The monoisotopic (exact) mass is 244 g/mol. The van der Waals surface area contributed by atoms with Crippen molar-refractivity contribution >= 4 is 12.0 Å². The molecule has 100 valence electrons. The summed E-state index contributed by atoms with van der Waals surface area (Å²) in [5.74, 6) is -0.617. The maximum Gasteiger partial charge on any atom is 0.326 e. The second-order valence-electron chi connectivity index (χ2n) is 4.47. The van der Waals surface area contributed by atoms with Crippen LogP contribution in [0.15, 0.2) is 0 Å². The van der Waals surface area contributed by atoms with Crippen LogP contribution in [0.4, 0.5) is 4.79 Å². The number of carboxylic acid groups (broad SMARTS) is 1. The molecule has 0 spiro atoms. The highest BCUT2D eigenvalue weighted by Gasteiger charge is 2.20. The number of hydrogen-bond donors (Lipinski definition) is 3. The molecule has 2 unspecified atom stereocenters. The first-order valence-corrected chi connectivity index (χ1v) is 6.22. The van der Waals surface area contributed by atoms with Crippen LogP contribution in [0.3, 0.4) is 0 Å². The number of amides is 2. The third kappa shape index (κ3) is 6.14. The fourth-order valence-corrected chi connectivity index (χ4v) is 1.45. The summed E-state index contributed by atoms with van der Waals surface area (Å²) in [7, 11) is 0. The summed E-state index contributed by atoms with van der Waals surface area (Å²) in [6, 6.07) is -1.17. The third-order valence-electron chi connectivity index (χ3n) is 3.04. The lowest BCUT2D eigenvalue weighted by Crippen LogP contribution is -2.49. The molecule has 2 amide bonds. The predicted molar refractivity (Wildman–Crippen MR) is 66.9 cm³/mol. The van der Waals surface area contributed by atoms with Gasteiger partial charge in [0.05, 0.1) is 0 Å². The van der Waals surface area contributed by atoms with Gasteiger partial charge in [-0.25, -0.2) is 9.59 Å². The van der Waals surface area contributed by atoms with Gasteiger partial charge in [0.1, 0.15) is 6.04 Å². The molecule has 3 atom stereocenters. The predicted octanol–water partition coefficient (Wildman–Crippen LogP) is 1.97. The Morgan fingerprint density at radius 1 is 1.18 bits per heavy atom. The Morgan fingerprint density at radius 2 is 1.76 bits per heavy atom. The minimum absolute atomic E-state index is 0.0380. The average Bonchev–Trinajstić information content (AvgIpc) is 2.26. The lowest BCUT2D eigenvalue weighted by Gasteiger charge is -2.21. The van der Waals surface area contributed by atoms with Gasteiger partial charge >= 0.3 is 12.0 Å². The molecule has 0 aromatic carbocycles. The van der Waals surface area contributed by atoms with E-state index in [0.717, 1.165) is 12.8 Å². The Morgan fingerprint density at radius 3 is 2.18 bits per heavy atom. The lowest BCUT2D eigenvalue weighted by atomic mass is 10.0. The normalized spacial score (nSPS) is 15.8. The number of hydrogen-bond acceptors (Lipinski definition) is 2. The first-order chi connectivity index (χ1) is 7.92. The smallest absolute Gasteiger partial charge is 0.326 e. The quantitative estimate of drug-likeness (QED) is 0.640. The van der Waals surface area contributed by atoms with Gasteiger partial charge < -0.3 is 15.7 Å². The van der Waals surface area contributed by atoms with Crippen molar-refractivity contribution in [3.05, 3.63) is 0 Å². The van der Waals surface area contributed by atoms with Gasteiger partial charge in [0.2, 0.25) is 0 Å². The van der Waals surface area contributed by atoms with E-state index < -0.39 is 18.0 Å². The molecule has 0 aliphatic rings. The second-order valence-corrected chi connectivity index (χ2v) is 4.47. The van der Waals surface area contributed by atoms with Crippen LogP contribution >= 0.6 is 0 Å². The Bertz CT molecular complexity index is 256. The lowest BCUT2D eigenvalue weighted by molar-refractivity contribution is -0.139. The van der Waals surface area contributed by atoms with Crippen LogP contribution in [-0.2, 0) is 4.79 Å². The molecule has 5 heteroatoms. The van der Waals surface area contributed by atoms with Gasteiger partial charge in [-0.1, -0.05) is 33.6 Å². The molecule has 0 saturated carbocycles. The molecular formula is C12H24N2O3. The highest BCUT2D eigenvalue weighted by atomic mass is 16.4. The molecule has 0 aromatic heterocycles. The summed E-state index contributed by atoms with van der Waals surface area (Å²) in [4.78, 5) is 22.4. The van der Waals surface area contributed by atoms with Gasteiger partial charge in [-0.15, -0.1) is 0 Å². The molecule has 0 fully saturated rings. The minimum Gasteiger partial charge on any atom is -0.480 e. The van der Waals surface area contributed by atoms with E-state index in [9.17, 15) is 9.59 Å². The van der Waals surface area contributed by atoms with Crippen LogP contribution in [0.1, 0.15) is 47.0 Å². The number of rotatable bonds is 7. The Labute approximate surface area is 103 Å². The average molecular weight is 244 g/mol. The van der Waals surface area contributed by atoms with Gasteiger partial charge in [-0.3, -0.25) is 0 Å². The van der Waals surface area contributed by atoms with Gasteiger partial charge in [0.25, 0.3) is 0 Å². The number of carboxylic acids is 1. The second kappa shape index (κ2) is 7.92.